The summed E-state index contributed by atoms with van der Waals surface area (Å²) in [6, 6.07) is 5.94. The molecule has 2 N–H and O–H groups in total. The average Bonchev–Trinajstić information content (AvgIpc) is 2.61. The summed E-state index contributed by atoms with van der Waals surface area (Å²) in [5.74, 6) is 0. The molecule has 1 aliphatic rings. The number of nitrogens with one attached hydrogen (secondary N) is 2. The Morgan fingerprint density at radius 2 is 2.05 bits per heavy atom. The van der Waals surface area contributed by atoms with Crippen LogP contribution in [-0.4, -0.2) is 19.3 Å². The molecule has 1 aromatic rings. The van der Waals surface area contributed by atoms with E-state index < -0.39 is 12.6 Å². The number of hydrogen-bond acceptors (Lipinski definition) is 2. The first-order chi connectivity index (χ1) is 8.80. The van der Waals surface area contributed by atoms with E-state index in [1.54, 1.807) is 0 Å². The van der Waals surface area contributed by atoms with Gasteiger partial charge in [0, 0.05) is 30.7 Å². The lowest BCUT2D eigenvalue weighted by Crippen LogP contribution is -2.24. The number of halogens is 3. The van der Waals surface area contributed by atoms with Gasteiger partial charge in [0.25, 0.3) is 0 Å². The first-order valence-corrected chi connectivity index (χ1v) is 6.43. The van der Waals surface area contributed by atoms with E-state index in [1.807, 2.05) is 18.2 Å². The fourth-order valence-electron chi connectivity index (χ4n) is 2.55. The molecule has 106 valence electrons. The quantitative estimate of drug-likeness (QED) is 0.821. The molecule has 1 heterocycles. The van der Waals surface area contributed by atoms with Crippen LogP contribution in [0.1, 0.15) is 31.4 Å². The van der Waals surface area contributed by atoms with Crippen LogP contribution < -0.4 is 10.6 Å². The summed E-state index contributed by atoms with van der Waals surface area (Å²) in [5.41, 5.74) is 3.42. The Bertz CT molecular complexity index is 452. The van der Waals surface area contributed by atoms with E-state index in [0.29, 0.717) is 6.54 Å². The Kier molecular flexibility index (Phi) is 3.76. The van der Waals surface area contributed by atoms with Crippen LogP contribution in [0.4, 0.5) is 18.9 Å². The molecular formula is C14H19F3N2. The van der Waals surface area contributed by atoms with Gasteiger partial charge in [0.05, 0.1) is 6.42 Å². The van der Waals surface area contributed by atoms with Crippen LogP contribution in [0.3, 0.4) is 0 Å². The molecule has 0 amide bonds. The zero-order chi connectivity index (χ0) is 14.1. The summed E-state index contributed by atoms with van der Waals surface area (Å²) in [6.45, 7) is 5.59. The molecule has 0 aromatic heterocycles. The first kappa shape index (κ1) is 14.2. The smallest absolute Gasteiger partial charge is 0.384 e. The third-order valence-corrected chi connectivity index (χ3v) is 3.45. The van der Waals surface area contributed by atoms with E-state index in [-0.39, 0.29) is 12.0 Å². The van der Waals surface area contributed by atoms with Gasteiger partial charge in [0.15, 0.2) is 0 Å². The lowest BCUT2D eigenvalue weighted by Gasteiger charge is -2.21. The molecule has 0 radical (unpaired) electrons. The molecule has 0 bridgehead atoms. The van der Waals surface area contributed by atoms with Crippen molar-refractivity contribution in [3.8, 4) is 0 Å². The normalized spacial score (nSPS) is 17.1. The Balaban J connectivity index is 2.01. The highest BCUT2D eigenvalue weighted by molar-refractivity contribution is 5.62. The van der Waals surface area contributed by atoms with Crippen molar-refractivity contribution in [1.82, 2.24) is 5.32 Å². The lowest BCUT2D eigenvalue weighted by molar-refractivity contribution is -0.133. The second-order valence-corrected chi connectivity index (χ2v) is 5.62. The van der Waals surface area contributed by atoms with E-state index in [0.717, 1.165) is 17.8 Å². The molecule has 2 nitrogen and oxygen atoms in total. The SMILES string of the molecule is CC1(C)CNc2cccc(CNCCC(F)(F)F)c21. The molecule has 0 spiro atoms. The van der Waals surface area contributed by atoms with Crippen molar-refractivity contribution in [3.05, 3.63) is 29.3 Å². The summed E-state index contributed by atoms with van der Waals surface area (Å²) in [6.07, 6.45) is -4.88. The van der Waals surface area contributed by atoms with Crippen LogP contribution in [0.15, 0.2) is 18.2 Å². The van der Waals surface area contributed by atoms with Crippen molar-refractivity contribution in [2.24, 2.45) is 0 Å². The van der Waals surface area contributed by atoms with Gasteiger partial charge in [-0.1, -0.05) is 26.0 Å². The van der Waals surface area contributed by atoms with Crippen LogP contribution in [0.5, 0.6) is 0 Å². The summed E-state index contributed by atoms with van der Waals surface area (Å²) >= 11 is 0. The predicted molar refractivity (Wildman–Crippen MR) is 70.3 cm³/mol. The average molecular weight is 272 g/mol. The highest BCUT2D eigenvalue weighted by atomic mass is 19.4. The second-order valence-electron chi connectivity index (χ2n) is 5.62. The number of rotatable bonds is 4. The van der Waals surface area contributed by atoms with Crippen molar-refractivity contribution in [2.45, 2.75) is 38.4 Å². The summed E-state index contributed by atoms with van der Waals surface area (Å²) in [7, 11) is 0. The molecule has 5 heteroatoms. The largest absolute Gasteiger partial charge is 0.390 e. The monoisotopic (exact) mass is 272 g/mol. The van der Waals surface area contributed by atoms with Gasteiger partial charge in [-0.15, -0.1) is 0 Å². The Labute approximate surface area is 111 Å². The van der Waals surface area contributed by atoms with E-state index in [1.165, 1.54) is 5.56 Å². The standard InChI is InChI=1S/C14H19F3N2/c1-13(2)9-19-11-5-3-4-10(12(11)13)8-18-7-6-14(15,16)17/h3-5,18-19H,6-9H2,1-2H3. The maximum atomic E-state index is 12.1. The Morgan fingerprint density at radius 3 is 2.74 bits per heavy atom. The zero-order valence-electron chi connectivity index (χ0n) is 11.2. The van der Waals surface area contributed by atoms with Gasteiger partial charge in [0.2, 0.25) is 0 Å². The van der Waals surface area contributed by atoms with Crippen LogP contribution in [0.25, 0.3) is 0 Å². The van der Waals surface area contributed by atoms with Crippen LogP contribution in [0.2, 0.25) is 0 Å². The van der Waals surface area contributed by atoms with Crippen molar-refractivity contribution in [1.29, 1.82) is 0 Å². The molecule has 19 heavy (non-hydrogen) atoms. The molecule has 1 aromatic carbocycles. The van der Waals surface area contributed by atoms with E-state index in [4.69, 9.17) is 0 Å². The van der Waals surface area contributed by atoms with Crippen LogP contribution in [-0.2, 0) is 12.0 Å². The van der Waals surface area contributed by atoms with Gasteiger partial charge >= 0.3 is 6.18 Å². The minimum absolute atomic E-state index is 0.0254. The van der Waals surface area contributed by atoms with Crippen LogP contribution in [0, 0.1) is 0 Å². The van der Waals surface area contributed by atoms with Crippen LogP contribution >= 0.6 is 0 Å². The maximum absolute atomic E-state index is 12.1. The molecule has 0 aliphatic carbocycles. The summed E-state index contributed by atoms with van der Waals surface area (Å²) in [5, 5.41) is 6.22. The summed E-state index contributed by atoms with van der Waals surface area (Å²) in [4.78, 5) is 0. The van der Waals surface area contributed by atoms with Gasteiger partial charge in [-0.25, -0.2) is 0 Å². The van der Waals surface area contributed by atoms with E-state index in [2.05, 4.69) is 24.5 Å². The Morgan fingerprint density at radius 1 is 1.32 bits per heavy atom. The molecule has 0 fully saturated rings. The molecule has 0 saturated heterocycles. The van der Waals surface area contributed by atoms with E-state index in [9.17, 15) is 13.2 Å². The third kappa shape index (κ3) is 3.41. The third-order valence-electron chi connectivity index (χ3n) is 3.45. The number of alkyl halides is 3. The van der Waals surface area contributed by atoms with Gasteiger partial charge in [-0.3, -0.25) is 0 Å². The number of anilines is 1. The zero-order valence-corrected chi connectivity index (χ0v) is 11.2. The predicted octanol–water partition coefficient (Wildman–Crippen LogP) is 3.43. The minimum Gasteiger partial charge on any atom is -0.384 e. The number of fused-ring (bicyclic) bond motifs is 1. The molecular weight excluding hydrogens is 253 g/mol. The highest BCUT2D eigenvalue weighted by Gasteiger charge is 2.31. The topological polar surface area (TPSA) is 24.1 Å². The number of benzene rings is 1. The lowest BCUT2D eigenvalue weighted by atomic mass is 9.84. The van der Waals surface area contributed by atoms with Gasteiger partial charge < -0.3 is 10.6 Å². The van der Waals surface area contributed by atoms with Gasteiger partial charge in [-0.2, -0.15) is 13.2 Å². The molecule has 1 aliphatic heterocycles. The molecule has 0 saturated carbocycles. The molecule has 0 atom stereocenters. The maximum Gasteiger partial charge on any atom is 0.390 e. The summed E-state index contributed by atoms with van der Waals surface area (Å²) < 4.78 is 36.2. The molecule has 0 unspecified atom stereocenters. The second kappa shape index (κ2) is 5.04. The fourth-order valence-corrected chi connectivity index (χ4v) is 2.55. The Hall–Kier alpha value is -1.23. The van der Waals surface area contributed by atoms with E-state index >= 15 is 0 Å². The highest BCUT2D eigenvalue weighted by Crippen LogP contribution is 2.38. The first-order valence-electron chi connectivity index (χ1n) is 6.43. The van der Waals surface area contributed by atoms with Crippen molar-refractivity contribution >= 4 is 5.69 Å². The van der Waals surface area contributed by atoms with Crippen molar-refractivity contribution in [2.75, 3.05) is 18.4 Å². The van der Waals surface area contributed by atoms with Gasteiger partial charge in [0.1, 0.15) is 0 Å². The number of hydrogen-bond donors (Lipinski definition) is 2. The van der Waals surface area contributed by atoms with Crippen molar-refractivity contribution in [3.63, 3.8) is 0 Å². The minimum atomic E-state index is -4.09. The van der Waals surface area contributed by atoms with Gasteiger partial charge in [-0.05, 0) is 17.2 Å². The fraction of sp³-hybridized carbons (Fsp3) is 0.571. The van der Waals surface area contributed by atoms with Crippen molar-refractivity contribution < 1.29 is 13.2 Å². The molecule has 2 rings (SSSR count).